The molecule has 1 unspecified atom stereocenters. The van der Waals surface area contributed by atoms with E-state index in [2.05, 4.69) is 26.2 Å². The van der Waals surface area contributed by atoms with E-state index >= 15 is 0 Å². The van der Waals surface area contributed by atoms with Crippen molar-refractivity contribution >= 4 is 27.3 Å². The average Bonchev–Trinajstić information content (AvgIpc) is 2.75. The molecule has 1 atom stereocenters. The average molecular weight is 329 g/mol. The highest BCUT2D eigenvalue weighted by molar-refractivity contribution is 9.10. The summed E-state index contributed by atoms with van der Waals surface area (Å²) < 4.78 is 14.2. The molecule has 0 amide bonds. The summed E-state index contributed by atoms with van der Waals surface area (Å²) in [5, 5.41) is 6.31. The molecule has 18 heavy (non-hydrogen) atoms. The van der Waals surface area contributed by atoms with E-state index in [0.29, 0.717) is 0 Å². The predicted octanol–water partition coefficient (Wildman–Crippen LogP) is 3.86. The van der Waals surface area contributed by atoms with E-state index in [-0.39, 0.29) is 11.9 Å². The van der Waals surface area contributed by atoms with Crippen molar-refractivity contribution in [2.24, 2.45) is 0 Å². The van der Waals surface area contributed by atoms with Crippen molar-refractivity contribution in [3.8, 4) is 0 Å². The van der Waals surface area contributed by atoms with E-state index in [9.17, 15) is 4.39 Å². The van der Waals surface area contributed by atoms with Crippen LogP contribution in [0.1, 0.15) is 22.3 Å². The van der Waals surface area contributed by atoms with Crippen LogP contribution >= 0.6 is 27.3 Å². The van der Waals surface area contributed by atoms with Crippen LogP contribution < -0.4 is 5.32 Å². The molecule has 2 rings (SSSR count). The molecule has 0 spiro atoms. The number of rotatable bonds is 4. The van der Waals surface area contributed by atoms with Crippen molar-refractivity contribution in [1.82, 2.24) is 10.3 Å². The van der Waals surface area contributed by atoms with Gasteiger partial charge in [-0.2, -0.15) is 0 Å². The molecular formula is C13H14BrFN2S. The standard InChI is InChI=1S/C13H14BrFN2S/c1-8-17-10(7-18-8)6-13(16-2)11-5-9(15)3-4-12(11)14/h3-5,7,13,16H,6H2,1-2H3. The zero-order valence-electron chi connectivity index (χ0n) is 10.2. The minimum absolute atomic E-state index is 0.0524. The number of thiazole rings is 1. The van der Waals surface area contributed by atoms with Crippen LogP contribution in [0.25, 0.3) is 0 Å². The number of likely N-dealkylation sites (N-methyl/N-ethyl adjacent to an activating group) is 1. The van der Waals surface area contributed by atoms with E-state index in [1.165, 1.54) is 6.07 Å². The van der Waals surface area contributed by atoms with Crippen molar-refractivity contribution in [1.29, 1.82) is 0 Å². The SMILES string of the molecule is CNC(Cc1csc(C)n1)c1cc(F)ccc1Br. The van der Waals surface area contributed by atoms with Crippen LogP contribution in [0.2, 0.25) is 0 Å². The van der Waals surface area contributed by atoms with Crippen molar-refractivity contribution < 1.29 is 4.39 Å². The van der Waals surface area contributed by atoms with Gasteiger partial charge < -0.3 is 5.32 Å². The summed E-state index contributed by atoms with van der Waals surface area (Å²) in [5.41, 5.74) is 1.95. The van der Waals surface area contributed by atoms with E-state index < -0.39 is 0 Å². The third kappa shape index (κ3) is 3.16. The van der Waals surface area contributed by atoms with Gasteiger partial charge in [-0.1, -0.05) is 15.9 Å². The molecule has 0 aliphatic heterocycles. The Morgan fingerprint density at radius 1 is 1.50 bits per heavy atom. The summed E-state index contributed by atoms with van der Waals surface area (Å²) in [6.07, 6.45) is 0.753. The van der Waals surface area contributed by atoms with Crippen molar-refractivity contribution in [3.05, 3.63) is 50.1 Å². The summed E-state index contributed by atoms with van der Waals surface area (Å²) in [5.74, 6) is -0.220. The topological polar surface area (TPSA) is 24.9 Å². The van der Waals surface area contributed by atoms with Crippen LogP contribution in [0.5, 0.6) is 0 Å². The zero-order valence-corrected chi connectivity index (χ0v) is 12.6. The first-order valence-corrected chi connectivity index (χ1v) is 7.30. The van der Waals surface area contributed by atoms with Gasteiger partial charge >= 0.3 is 0 Å². The lowest BCUT2D eigenvalue weighted by atomic mass is 10.0. The molecule has 1 heterocycles. The van der Waals surface area contributed by atoms with E-state index in [1.807, 2.05) is 19.4 Å². The second kappa shape index (κ2) is 5.91. The molecule has 1 N–H and O–H groups in total. The molecule has 96 valence electrons. The van der Waals surface area contributed by atoms with Gasteiger partial charge in [-0.3, -0.25) is 0 Å². The van der Waals surface area contributed by atoms with Crippen molar-refractivity contribution in [2.45, 2.75) is 19.4 Å². The van der Waals surface area contributed by atoms with Crippen LogP contribution in [0, 0.1) is 12.7 Å². The minimum Gasteiger partial charge on any atom is -0.313 e. The van der Waals surface area contributed by atoms with Crippen molar-refractivity contribution in [3.63, 3.8) is 0 Å². The summed E-state index contributed by atoms with van der Waals surface area (Å²) in [6.45, 7) is 1.99. The van der Waals surface area contributed by atoms with Gasteiger partial charge in [0.15, 0.2) is 0 Å². The van der Waals surface area contributed by atoms with Gasteiger partial charge in [0, 0.05) is 22.3 Å². The molecule has 1 aromatic heterocycles. The van der Waals surface area contributed by atoms with Crippen LogP contribution in [-0.2, 0) is 6.42 Å². The first-order valence-electron chi connectivity index (χ1n) is 5.63. The quantitative estimate of drug-likeness (QED) is 0.921. The van der Waals surface area contributed by atoms with Crippen molar-refractivity contribution in [2.75, 3.05) is 7.05 Å². The Morgan fingerprint density at radius 3 is 2.89 bits per heavy atom. The van der Waals surface area contributed by atoms with E-state index in [1.54, 1.807) is 23.5 Å². The first-order chi connectivity index (χ1) is 8.60. The van der Waals surface area contributed by atoms with Crippen LogP contribution in [0.4, 0.5) is 4.39 Å². The second-order valence-corrected chi connectivity index (χ2v) is 5.99. The Bertz CT molecular complexity index is 542. The maximum absolute atomic E-state index is 13.3. The molecule has 0 fully saturated rings. The minimum atomic E-state index is -0.220. The van der Waals surface area contributed by atoms with Gasteiger partial charge in [0.05, 0.1) is 10.7 Å². The van der Waals surface area contributed by atoms with Crippen LogP contribution in [0.3, 0.4) is 0 Å². The number of aromatic nitrogens is 1. The lowest BCUT2D eigenvalue weighted by Crippen LogP contribution is -2.19. The summed E-state index contributed by atoms with van der Waals surface area (Å²) in [7, 11) is 1.88. The lowest BCUT2D eigenvalue weighted by molar-refractivity contribution is 0.570. The fourth-order valence-electron chi connectivity index (χ4n) is 1.86. The molecule has 0 bridgehead atoms. The van der Waals surface area contributed by atoms with Gasteiger partial charge in [-0.05, 0) is 37.7 Å². The Kier molecular flexibility index (Phi) is 4.48. The molecule has 0 aliphatic carbocycles. The monoisotopic (exact) mass is 328 g/mol. The van der Waals surface area contributed by atoms with Crippen LogP contribution in [0.15, 0.2) is 28.1 Å². The third-order valence-corrected chi connectivity index (χ3v) is 4.31. The predicted molar refractivity (Wildman–Crippen MR) is 76.5 cm³/mol. The lowest BCUT2D eigenvalue weighted by Gasteiger charge is -2.17. The highest BCUT2D eigenvalue weighted by atomic mass is 79.9. The van der Waals surface area contributed by atoms with Gasteiger partial charge in [0.2, 0.25) is 0 Å². The molecule has 0 radical (unpaired) electrons. The maximum atomic E-state index is 13.3. The molecular weight excluding hydrogens is 315 g/mol. The van der Waals surface area contributed by atoms with Gasteiger partial charge in [-0.15, -0.1) is 11.3 Å². The number of benzene rings is 1. The summed E-state index contributed by atoms with van der Waals surface area (Å²) >= 11 is 5.10. The van der Waals surface area contributed by atoms with Gasteiger partial charge in [0.25, 0.3) is 0 Å². The molecule has 5 heteroatoms. The van der Waals surface area contributed by atoms with Crippen LogP contribution in [-0.4, -0.2) is 12.0 Å². The Labute approximate surface area is 118 Å². The number of nitrogens with zero attached hydrogens (tertiary/aromatic N) is 1. The summed E-state index contributed by atoms with van der Waals surface area (Å²) in [4.78, 5) is 4.45. The summed E-state index contributed by atoms with van der Waals surface area (Å²) in [6, 6.07) is 4.80. The smallest absolute Gasteiger partial charge is 0.123 e. The second-order valence-electron chi connectivity index (χ2n) is 4.07. The molecule has 0 saturated carbocycles. The van der Waals surface area contributed by atoms with E-state index in [0.717, 1.165) is 27.2 Å². The fraction of sp³-hybridized carbons (Fsp3) is 0.308. The molecule has 2 nitrogen and oxygen atoms in total. The Morgan fingerprint density at radius 2 is 2.28 bits per heavy atom. The Hall–Kier alpha value is -0.780. The zero-order chi connectivity index (χ0) is 13.1. The van der Waals surface area contributed by atoms with E-state index in [4.69, 9.17) is 0 Å². The molecule has 0 aliphatic rings. The normalized spacial score (nSPS) is 12.7. The molecule has 0 saturated heterocycles. The number of aryl methyl sites for hydroxylation is 1. The fourth-order valence-corrected chi connectivity index (χ4v) is 3.01. The van der Waals surface area contributed by atoms with Gasteiger partial charge in [0.1, 0.15) is 5.82 Å². The number of halogens is 2. The number of hydrogen-bond acceptors (Lipinski definition) is 3. The maximum Gasteiger partial charge on any atom is 0.123 e. The highest BCUT2D eigenvalue weighted by Crippen LogP contribution is 2.27. The highest BCUT2D eigenvalue weighted by Gasteiger charge is 2.15. The van der Waals surface area contributed by atoms with Gasteiger partial charge in [-0.25, -0.2) is 9.37 Å². The largest absolute Gasteiger partial charge is 0.313 e. The molecule has 1 aromatic carbocycles. The third-order valence-electron chi connectivity index (χ3n) is 2.76. The number of nitrogens with one attached hydrogen (secondary N) is 1. The number of hydrogen-bond donors (Lipinski definition) is 1. The first kappa shape index (κ1) is 13.6. The molecule has 2 aromatic rings. The Balaban J connectivity index is 2.25.